The lowest BCUT2D eigenvalue weighted by molar-refractivity contribution is 0.284. The van der Waals surface area contributed by atoms with E-state index in [1.54, 1.807) is 17.0 Å². The number of hydrogen-bond acceptors (Lipinski definition) is 2. The molecule has 1 aliphatic rings. The van der Waals surface area contributed by atoms with Gasteiger partial charge in [-0.15, -0.1) is 0 Å². The number of imidazole rings is 1. The molecule has 2 rings (SSSR count). The molecule has 14 heavy (non-hydrogen) atoms. The fraction of sp³-hybridized carbons (Fsp3) is 0.500. The van der Waals surface area contributed by atoms with Crippen molar-refractivity contribution in [3.63, 3.8) is 0 Å². The molecule has 0 aliphatic carbocycles. The lowest BCUT2D eigenvalue weighted by Crippen LogP contribution is -2.32. The molecule has 0 atom stereocenters. The Labute approximate surface area is 82.9 Å². The van der Waals surface area contributed by atoms with Crippen LogP contribution in [0.4, 0.5) is 0 Å². The fourth-order valence-corrected chi connectivity index (χ4v) is 1.67. The SMILES string of the molecule is O=c1[nH]ccn1CCN1CC=CCC1. The maximum absolute atomic E-state index is 11.2. The Morgan fingerprint density at radius 3 is 2.93 bits per heavy atom. The zero-order chi connectivity index (χ0) is 9.80. The molecule has 1 aliphatic heterocycles. The van der Waals surface area contributed by atoms with Crippen molar-refractivity contribution in [3.8, 4) is 0 Å². The number of H-pyrrole nitrogens is 1. The second-order valence-electron chi connectivity index (χ2n) is 3.52. The first kappa shape index (κ1) is 9.27. The van der Waals surface area contributed by atoms with E-state index in [0.717, 1.165) is 32.6 Å². The van der Waals surface area contributed by atoms with Crippen LogP contribution in [0.3, 0.4) is 0 Å². The van der Waals surface area contributed by atoms with Crippen LogP contribution >= 0.6 is 0 Å². The van der Waals surface area contributed by atoms with Gasteiger partial charge in [-0.25, -0.2) is 4.79 Å². The third-order valence-corrected chi connectivity index (χ3v) is 2.52. The summed E-state index contributed by atoms with van der Waals surface area (Å²) >= 11 is 0. The Hall–Kier alpha value is -1.29. The summed E-state index contributed by atoms with van der Waals surface area (Å²) in [6.07, 6.45) is 8.99. The number of aromatic amines is 1. The summed E-state index contributed by atoms with van der Waals surface area (Å²) in [7, 11) is 0. The second-order valence-corrected chi connectivity index (χ2v) is 3.52. The number of nitrogens with zero attached hydrogens (tertiary/aromatic N) is 2. The van der Waals surface area contributed by atoms with E-state index in [1.807, 2.05) is 0 Å². The molecule has 76 valence electrons. The van der Waals surface area contributed by atoms with Crippen molar-refractivity contribution in [1.82, 2.24) is 14.5 Å². The van der Waals surface area contributed by atoms with Gasteiger partial charge in [0.05, 0.1) is 0 Å². The standard InChI is InChI=1S/C10H15N3O/c14-10-11-4-7-13(10)9-8-12-5-2-1-3-6-12/h1-2,4,7H,3,5-6,8-9H2,(H,11,14). The van der Waals surface area contributed by atoms with Crippen molar-refractivity contribution in [3.05, 3.63) is 35.0 Å². The molecular formula is C10H15N3O. The van der Waals surface area contributed by atoms with Crippen molar-refractivity contribution >= 4 is 0 Å². The van der Waals surface area contributed by atoms with Crippen LogP contribution in [0.25, 0.3) is 0 Å². The second kappa shape index (κ2) is 4.28. The Morgan fingerprint density at radius 1 is 1.36 bits per heavy atom. The number of nitrogens with one attached hydrogen (secondary N) is 1. The van der Waals surface area contributed by atoms with Crippen molar-refractivity contribution in [2.24, 2.45) is 0 Å². The monoisotopic (exact) mass is 193 g/mol. The minimum Gasteiger partial charge on any atom is -0.313 e. The number of hydrogen-bond donors (Lipinski definition) is 1. The third kappa shape index (κ3) is 2.14. The van der Waals surface area contributed by atoms with Gasteiger partial charge >= 0.3 is 5.69 Å². The lowest BCUT2D eigenvalue weighted by atomic mass is 10.2. The van der Waals surface area contributed by atoms with Crippen LogP contribution in [0.5, 0.6) is 0 Å². The van der Waals surface area contributed by atoms with Crippen LogP contribution < -0.4 is 5.69 Å². The summed E-state index contributed by atoms with van der Waals surface area (Å²) in [6.45, 7) is 3.84. The molecule has 4 heteroatoms. The molecule has 0 saturated heterocycles. The Kier molecular flexibility index (Phi) is 2.84. The molecule has 0 unspecified atom stereocenters. The third-order valence-electron chi connectivity index (χ3n) is 2.52. The molecule has 0 aromatic carbocycles. The molecule has 1 N–H and O–H groups in total. The predicted molar refractivity (Wildman–Crippen MR) is 55.2 cm³/mol. The number of aromatic nitrogens is 2. The normalized spacial score (nSPS) is 17.4. The molecule has 0 saturated carbocycles. The van der Waals surface area contributed by atoms with Crippen LogP contribution in [-0.4, -0.2) is 34.1 Å². The van der Waals surface area contributed by atoms with Gasteiger partial charge < -0.3 is 4.98 Å². The first-order chi connectivity index (χ1) is 6.86. The summed E-state index contributed by atoms with van der Waals surface area (Å²) in [4.78, 5) is 16.1. The quantitative estimate of drug-likeness (QED) is 0.708. The molecule has 2 heterocycles. The Bertz CT molecular complexity index is 363. The molecule has 0 amide bonds. The fourth-order valence-electron chi connectivity index (χ4n) is 1.67. The van der Waals surface area contributed by atoms with E-state index < -0.39 is 0 Å². The topological polar surface area (TPSA) is 41.0 Å². The van der Waals surface area contributed by atoms with Crippen LogP contribution in [0.15, 0.2) is 29.3 Å². The summed E-state index contributed by atoms with van der Waals surface area (Å²) < 4.78 is 1.71. The van der Waals surface area contributed by atoms with E-state index in [4.69, 9.17) is 0 Å². The van der Waals surface area contributed by atoms with Gasteiger partial charge in [0.1, 0.15) is 0 Å². The molecule has 1 aromatic heterocycles. The van der Waals surface area contributed by atoms with Crippen molar-refractivity contribution < 1.29 is 0 Å². The number of rotatable bonds is 3. The van der Waals surface area contributed by atoms with Gasteiger partial charge in [-0.3, -0.25) is 9.47 Å². The highest BCUT2D eigenvalue weighted by atomic mass is 16.1. The summed E-state index contributed by atoms with van der Waals surface area (Å²) in [5.74, 6) is 0. The average molecular weight is 193 g/mol. The minimum atomic E-state index is -0.0162. The minimum absolute atomic E-state index is 0.0162. The van der Waals surface area contributed by atoms with Crippen LogP contribution in [0.1, 0.15) is 6.42 Å². The highest BCUT2D eigenvalue weighted by Gasteiger charge is 2.05. The van der Waals surface area contributed by atoms with Gasteiger partial charge in [-0.1, -0.05) is 12.2 Å². The van der Waals surface area contributed by atoms with E-state index in [2.05, 4.69) is 22.0 Å². The average Bonchev–Trinajstić information content (AvgIpc) is 2.63. The van der Waals surface area contributed by atoms with Crippen molar-refractivity contribution in [2.45, 2.75) is 13.0 Å². The van der Waals surface area contributed by atoms with Crippen LogP contribution in [0.2, 0.25) is 0 Å². The molecule has 0 bridgehead atoms. The predicted octanol–water partition coefficient (Wildman–Crippen LogP) is 0.438. The molecular weight excluding hydrogens is 178 g/mol. The van der Waals surface area contributed by atoms with Crippen molar-refractivity contribution in [1.29, 1.82) is 0 Å². The van der Waals surface area contributed by atoms with E-state index in [9.17, 15) is 4.79 Å². The van der Waals surface area contributed by atoms with Crippen molar-refractivity contribution in [2.75, 3.05) is 19.6 Å². The Morgan fingerprint density at radius 2 is 2.29 bits per heavy atom. The van der Waals surface area contributed by atoms with Gasteiger partial charge in [0.15, 0.2) is 0 Å². The molecule has 0 radical (unpaired) electrons. The lowest BCUT2D eigenvalue weighted by Gasteiger charge is -2.22. The first-order valence-electron chi connectivity index (χ1n) is 4.97. The highest BCUT2D eigenvalue weighted by molar-refractivity contribution is 4.90. The summed E-state index contributed by atoms with van der Waals surface area (Å²) in [5.41, 5.74) is -0.0162. The highest BCUT2D eigenvalue weighted by Crippen LogP contribution is 2.00. The smallest absolute Gasteiger partial charge is 0.313 e. The van der Waals surface area contributed by atoms with E-state index in [1.165, 1.54) is 0 Å². The molecule has 4 nitrogen and oxygen atoms in total. The largest absolute Gasteiger partial charge is 0.325 e. The molecule has 0 spiro atoms. The summed E-state index contributed by atoms with van der Waals surface area (Å²) in [6, 6.07) is 0. The Balaban J connectivity index is 1.85. The van der Waals surface area contributed by atoms with Gasteiger partial charge in [0.2, 0.25) is 0 Å². The van der Waals surface area contributed by atoms with Gasteiger partial charge in [0.25, 0.3) is 0 Å². The van der Waals surface area contributed by atoms with E-state index in [0.29, 0.717) is 0 Å². The van der Waals surface area contributed by atoms with Crippen LogP contribution in [-0.2, 0) is 6.54 Å². The molecule has 0 fully saturated rings. The summed E-state index contributed by atoms with van der Waals surface area (Å²) in [5, 5.41) is 0. The van der Waals surface area contributed by atoms with E-state index in [-0.39, 0.29) is 5.69 Å². The maximum Gasteiger partial charge on any atom is 0.325 e. The first-order valence-corrected chi connectivity index (χ1v) is 4.97. The maximum atomic E-state index is 11.2. The zero-order valence-electron chi connectivity index (χ0n) is 8.15. The van der Waals surface area contributed by atoms with Gasteiger partial charge in [-0.2, -0.15) is 0 Å². The molecule has 1 aromatic rings. The van der Waals surface area contributed by atoms with Gasteiger partial charge in [0, 0.05) is 38.6 Å². The van der Waals surface area contributed by atoms with Crippen LogP contribution in [0, 0.1) is 0 Å². The van der Waals surface area contributed by atoms with E-state index >= 15 is 0 Å². The zero-order valence-corrected chi connectivity index (χ0v) is 8.15. The van der Waals surface area contributed by atoms with Gasteiger partial charge in [-0.05, 0) is 6.42 Å².